The van der Waals surface area contributed by atoms with E-state index in [9.17, 15) is 4.79 Å². The first-order valence-corrected chi connectivity index (χ1v) is 8.67. The predicted molar refractivity (Wildman–Crippen MR) is 105 cm³/mol. The monoisotopic (exact) mass is 375 g/mol. The van der Waals surface area contributed by atoms with Crippen LogP contribution >= 0.6 is 11.6 Å². The number of nitrogens with zero attached hydrogens (tertiary/aromatic N) is 1. The summed E-state index contributed by atoms with van der Waals surface area (Å²) in [5.41, 5.74) is 1.66. The second-order valence-electron chi connectivity index (χ2n) is 5.83. The predicted octanol–water partition coefficient (Wildman–Crippen LogP) is 5.48. The number of ether oxygens (including phenoxy) is 2. The molecule has 0 aromatic heterocycles. The fourth-order valence-corrected chi connectivity index (χ4v) is 2.79. The standard InChI is InChI=1S/C22H14ClNO3/c23-17-8-5-7-16(14-17)21-24-20(22(25)27-21)13-15-6-4-11-19(12-15)26-18-9-2-1-3-10-18/h1-14H. The third-order valence-electron chi connectivity index (χ3n) is 3.83. The molecule has 3 aromatic rings. The van der Waals surface area contributed by atoms with Gasteiger partial charge in [0, 0.05) is 10.6 Å². The van der Waals surface area contributed by atoms with Crippen LogP contribution in [0, 0.1) is 0 Å². The highest BCUT2D eigenvalue weighted by molar-refractivity contribution is 6.31. The number of aliphatic imine (C=N–C) groups is 1. The lowest BCUT2D eigenvalue weighted by Crippen LogP contribution is -2.05. The maximum Gasteiger partial charge on any atom is 0.363 e. The number of cyclic esters (lactones) is 1. The van der Waals surface area contributed by atoms with Crippen molar-refractivity contribution in [1.29, 1.82) is 0 Å². The molecule has 0 bridgehead atoms. The van der Waals surface area contributed by atoms with E-state index in [-0.39, 0.29) is 11.6 Å². The zero-order valence-electron chi connectivity index (χ0n) is 14.1. The first kappa shape index (κ1) is 17.1. The van der Waals surface area contributed by atoms with Crippen molar-refractivity contribution in [3.8, 4) is 11.5 Å². The molecule has 0 amide bonds. The Bertz CT molecular complexity index is 1060. The van der Waals surface area contributed by atoms with Gasteiger partial charge in [-0.2, -0.15) is 0 Å². The van der Waals surface area contributed by atoms with Gasteiger partial charge in [0.2, 0.25) is 5.90 Å². The molecule has 1 aliphatic heterocycles. The molecule has 27 heavy (non-hydrogen) atoms. The summed E-state index contributed by atoms with van der Waals surface area (Å²) in [7, 11) is 0. The van der Waals surface area contributed by atoms with Gasteiger partial charge in [-0.25, -0.2) is 9.79 Å². The lowest BCUT2D eigenvalue weighted by atomic mass is 10.2. The van der Waals surface area contributed by atoms with Crippen LogP contribution in [0.1, 0.15) is 11.1 Å². The Balaban J connectivity index is 1.59. The van der Waals surface area contributed by atoms with Crippen molar-refractivity contribution in [3.63, 3.8) is 0 Å². The molecular formula is C22H14ClNO3. The molecule has 4 nitrogen and oxygen atoms in total. The van der Waals surface area contributed by atoms with Gasteiger partial charge in [-0.3, -0.25) is 0 Å². The Morgan fingerprint density at radius 1 is 0.889 bits per heavy atom. The van der Waals surface area contributed by atoms with Gasteiger partial charge in [-0.15, -0.1) is 0 Å². The van der Waals surface area contributed by atoms with Crippen molar-refractivity contribution in [1.82, 2.24) is 0 Å². The van der Waals surface area contributed by atoms with Crippen LogP contribution in [0.15, 0.2) is 89.6 Å². The number of rotatable bonds is 4. The SMILES string of the molecule is O=C1OC(c2cccc(Cl)c2)=NC1=Cc1cccc(Oc2ccccc2)c1. The summed E-state index contributed by atoms with van der Waals surface area (Å²) in [6, 6.07) is 23.9. The van der Waals surface area contributed by atoms with Crippen molar-refractivity contribution in [3.05, 3.63) is 101 Å². The molecule has 0 aliphatic carbocycles. The summed E-state index contributed by atoms with van der Waals surface area (Å²) < 4.78 is 11.1. The lowest BCUT2D eigenvalue weighted by molar-refractivity contribution is -0.129. The largest absolute Gasteiger partial charge is 0.457 e. The summed E-state index contributed by atoms with van der Waals surface area (Å²) in [6.45, 7) is 0. The summed E-state index contributed by atoms with van der Waals surface area (Å²) >= 11 is 5.99. The maximum absolute atomic E-state index is 12.2. The number of esters is 1. The molecule has 0 fully saturated rings. The Hall–Kier alpha value is -3.37. The molecule has 5 heteroatoms. The summed E-state index contributed by atoms with van der Waals surface area (Å²) in [4.78, 5) is 16.4. The van der Waals surface area contributed by atoms with Crippen LogP contribution in [-0.2, 0) is 9.53 Å². The minimum atomic E-state index is -0.501. The van der Waals surface area contributed by atoms with Crippen LogP contribution in [-0.4, -0.2) is 11.9 Å². The normalized spacial score (nSPS) is 14.8. The van der Waals surface area contributed by atoms with Crippen LogP contribution in [0.25, 0.3) is 6.08 Å². The highest BCUT2D eigenvalue weighted by Crippen LogP contribution is 2.25. The Morgan fingerprint density at radius 2 is 1.67 bits per heavy atom. The van der Waals surface area contributed by atoms with Gasteiger partial charge in [0.15, 0.2) is 5.70 Å². The Morgan fingerprint density at radius 3 is 2.48 bits per heavy atom. The van der Waals surface area contributed by atoms with Crippen LogP contribution in [0.5, 0.6) is 11.5 Å². The molecule has 3 aromatic carbocycles. The number of halogens is 1. The topological polar surface area (TPSA) is 47.9 Å². The van der Waals surface area contributed by atoms with E-state index in [2.05, 4.69) is 4.99 Å². The van der Waals surface area contributed by atoms with E-state index in [0.29, 0.717) is 16.3 Å². The molecule has 0 saturated carbocycles. The van der Waals surface area contributed by atoms with Crippen molar-refractivity contribution in [2.75, 3.05) is 0 Å². The van der Waals surface area contributed by atoms with Gasteiger partial charge in [0.25, 0.3) is 0 Å². The molecule has 0 unspecified atom stereocenters. The summed E-state index contributed by atoms with van der Waals surface area (Å²) in [5, 5.41) is 0.550. The van der Waals surface area contributed by atoms with Gasteiger partial charge < -0.3 is 9.47 Å². The number of para-hydroxylation sites is 1. The summed E-state index contributed by atoms with van der Waals surface area (Å²) in [5.74, 6) is 1.15. The molecule has 1 aliphatic rings. The van der Waals surface area contributed by atoms with Gasteiger partial charge in [-0.05, 0) is 54.1 Å². The van der Waals surface area contributed by atoms with Gasteiger partial charge in [0.1, 0.15) is 11.5 Å². The lowest BCUT2D eigenvalue weighted by Gasteiger charge is -2.05. The number of hydrogen-bond acceptors (Lipinski definition) is 4. The van der Waals surface area contributed by atoms with E-state index in [0.717, 1.165) is 11.3 Å². The minimum Gasteiger partial charge on any atom is -0.457 e. The fraction of sp³-hybridized carbons (Fsp3) is 0. The maximum atomic E-state index is 12.2. The number of carbonyl (C=O) groups excluding carboxylic acids is 1. The van der Waals surface area contributed by atoms with Gasteiger partial charge >= 0.3 is 5.97 Å². The Labute approximate surface area is 161 Å². The van der Waals surface area contributed by atoms with Crippen molar-refractivity contribution in [2.45, 2.75) is 0 Å². The van der Waals surface area contributed by atoms with Crippen LogP contribution in [0.4, 0.5) is 0 Å². The fourth-order valence-electron chi connectivity index (χ4n) is 2.60. The van der Waals surface area contributed by atoms with Gasteiger partial charge in [-0.1, -0.05) is 48.0 Å². The van der Waals surface area contributed by atoms with Crippen LogP contribution in [0.3, 0.4) is 0 Å². The number of benzene rings is 3. The van der Waals surface area contributed by atoms with E-state index >= 15 is 0 Å². The molecule has 4 rings (SSSR count). The van der Waals surface area contributed by atoms with Crippen LogP contribution in [0.2, 0.25) is 5.02 Å². The van der Waals surface area contributed by atoms with E-state index in [1.165, 1.54) is 0 Å². The quantitative estimate of drug-likeness (QED) is 0.448. The van der Waals surface area contributed by atoms with E-state index < -0.39 is 5.97 Å². The van der Waals surface area contributed by atoms with Crippen molar-refractivity contribution >= 4 is 29.5 Å². The smallest absolute Gasteiger partial charge is 0.363 e. The zero-order chi connectivity index (χ0) is 18.6. The molecule has 1 heterocycles. The molecule has 0 atom stereocenters. The molecule has 132 valence electrons. The van der Waals surface area contributed by atoms with Crippen LogP contribution < -0.4 is 4.74 Å². The molecule has 0 radical (unpaired) electrons. The summed E-state index contributed by atoms with van der Waals surface area (Å²) in [6.07, 6.45) is 1.66. The Kier molecular flexibility index (Phi) is 4.73. The number of hydrogen-bond donors (Lipinski definition) is 0. The first-order chi connectivity index (χ1) is 13.2. The van der Waals surface area contributed by atoms with Gasteiger partial charge in [0.05, 0.1) is 0 Å². The third-order valence-corrected chi connectivity index (χ3v) is 4.07. The minimum absolute atomic E-state index is 0.224. The second-order valence-corrected chi connectivity index (χ2v) is 6.27. The highest BCUT2D eigenvalue weighted by atomic mass is 35.5. The molecule has 0 saturated heterocycles. The third kappa shape index (κ3) is 4.07. The first-order valence-electron chi connectivity index (χ1n) is 8.29. The van der Waals surface area contributed by atoms with E-state index in [1.54, 1.807) is 30.3 Å². The molecule has 0 spiro atoms. The second kappa shape index (κ2) is 7.48. The average molecular weight is 376 g/mol. The zero-order valence-corrected chi connectivity index (χ0v) is 14.9. The van der Waals surface area contributed by atoms with Crippen molar-refractivity contribution < 1.29 is 14.3 Å². The number of carbonyl (C=O) groups is 1. The molecular weight excluding hydrogens is 362 g/mol. The van der Waals surface area contributed by atoms with Crippen molar-refractivity contribution in [2.24, 2.45) is 4.99 Å². The van der Waals surface area contributed by atoms with E-state index in [4.69, 9.17) is 21.1 Å². The van der Waals surface area contributed by atoms with E-state index in [1.807, 2.05) is 54.6 Å². The highest BCUT2D eigenvalue weighted by Gasteiger charge is 2.24. The average Bonchev–Trinajstić information content (AvgIpc) is 3.03. The molecule has 0 N–H and O–H groups in total.